The molecule has 0 bridgehead atoms. The second kappa shape index (κ2) is 10.1. The molecular formula is C24H25N3O4. The molecule has 1 fully saturated rings. The van der Waals surface area contributed by atoms with Gasteiger partial charge in [-0.2, -0.15) is 0 Å². The van der Waals surface area contributed by atoms with Crippen LogP contribution in [0, 0.1) is 0 Å². The molecule has 0 saturated carbocycles. The summed E-state index contributed by atoms with van der Waals surface area (Å²) in [5.74, 6) is 0.764. The first kappa shape index (κ1) is 20.8. The fraction of sp³-hybridized carbons (Fsp3) is 0.250. The molecule has 4 rings (SSSR count). The van der Waals surface area contributed by atoms with Crippen molar-refractivity contribution in [1.82, 2.24) is 14.9 Å². The van der Waals surface area contributed by atoms with E-state index in [1.165, 1.54) is 0 Å². The molecule has 2 N–H and O–H groups in total. The van der Waals surface area contributed by atoms with Crippen LogP contribution >= 0.6 is 0 Å². The van der Waals surface area contributed by atoms with Crippen LogP contribution in [0.15, 0.2) is 64.2 Å². The van der Waals surface area contributed by atoms with Crippen molar-refractivity contribution < 1.29 is 9.47 Å². The number of aromatic nitrogens is 2. The Balaban J connectivity index is 1.46. The molecule has 2 aromatic carbocycles. The predicted molar refractivity (Wildman–Crippen MR) is 120 cm³/mol. The molecule has 0 aliphatic carbocycles. The van der Waals surface area contributed by atoms with E-state index in [0.29, 0.717) is 6.61 Å². The summed E-state index contributed by atoms with van der Waals surface area (Å²) in [5, 5.41) is 0.425. The third-order valence-corrected chi connectivity index (χ3v) is 5.07. The van der Waals surface area contributed by atoms with Crippen LogP contribution in [0.1, 0.15) is 11.1 Å². The predicted octanol–water partition coefficient (Wildman–Crippen LogP) is 0.432. The van der Waals surface area contributed by atoms with Gasteiger partial charge in [0.2, 0.25) is 0 Å². The lowest BCUT2D eigenvalue weighted by atomic mass is 10.2. The van der Waals surface area contributed by atoms with Gasteiger partial charge >= 0.3 is 0 Å². The van der Waals surface area contributed by atoms with E-state index in [2.05, 4.69) is 14.9 Å². The molecule has 0 atom stereocenters. The van der Waals surface area contributed by atoms with E-state index >= 15 is 0 Å². The molecule has 1 aromatic heterocycles. The van der Waals surface area contributed by atoms with Crippen molar-refractivity contribution in [1.29, 1.82) is 0 Å². The first-order chi connectivity index (χ1) is 15.2. The first-order valence-electron chi connectivity index (χ1n) is 10.3. The minimum Gasteiger partial charge on any atom is -0.492 e. The molecule has 0 spiro atoms. The van der Waals surface area contributed by atoms with Crippen LogP contribution in [0.3, 0.4) is 0 Å². The summed E-state index contributed by atoms with van der Waals surface area (Å²) in [7, 11) is 0. The van der Waals surface area contributed by atoms with Gasteiger partial charge in [-0.15, -0.1) is 0 Å². The van der Waals surface area contributed by atoms with Crippen molar-refractivity contribution in [2.75, 3.05) is 39.5 Å². The number of rotatable bonds is 6. The Morgan fingerprint density at radius 3 is 2.03 bits per heavy atom. The zero-order chi connectivity index (χ0) is 21.5. The van der Waals surface area contributed by atoms with Gasteiger partial charge in [-0.05, 0) is 35.4 Å². The highest BCUT2D eigenvalue weighted by molar-refractivity contribution is 5.50. The third kappa shape index (κ3) is 5.81. The van der Waals surface area contributed by atoms with Gasteiger partial charge < -0.3 is 19.4 Å². The number of hydrogen-bond donors (Lipinski definition) is 2. The van der Waals surface area contributed by atoms with E-state index in [4.69, 9.17) is 9.47 Å². The highest BCUT2D eigenvalue weighted by atomic mass is 16.5. The highest BCUT2D eigenvalue weighted by Crippen LogP contribution is 2.12. The average molecular weight is 419 g/mol. The lowest BCUT2D eigenvalue weighted by Crippen LogP contribution is -2.46. The minimum absolute atomic E-state index is 0.205. The third-order valence-electron chi connectivity index (χ3n) is 5.07. The molecule has 7 nitrogen and oxygen atoms in total. The summed E-state index contributed by atoms with van der Waals surface area (Å²) >= 11 is 0. The zero-order valence-corrected chi connectivity index (χ0v) is 17.2. The molecule has 3 aromatic rings. The maximum Gasteiger partial charge on any atom is 0.272 e. The Kier molecular flexibility index (Phi) is 6.76. The zero-order valence-electron chi connectivity index (χ0n) is 17.2. The Morgan fingerprint density at radius 1 is 0.839 bits per heavy atom. The van der Waals surface area contributed by atoms with Crippen molar-refractivity contribution in [2.45, 2.75) is 0 Å². The molecule has 0 amide bonds. The van der Waals surface area contributed by atoms with Crippen LogP contribution < -0.4 is 26.6 Å². The molecule has 2 heterocycles. The van der Waals surface area contributed by atoms with Gasteiger partial charge in [0.15, 0.2) is 0 Å². The summed E-state index contributed by atoms with van der Waals surface area (Å²) in [6, 6.07) is 16.8. The molecule has 1 saturated heterocycles. The van der Waals surface area contributed by atoms with Crippen molar-refractivity contribution in [2.24, 2.45) is 0 Å². The number of morpholine rings is 1. The largest absolute Gasteiger partial charge is 0.492 e. The van der Waals surface area contributed by atoms with E-state index in [1.54, 1.807) is 12.2 Å². The quantitative estimate of drug-likeness (QED) is 0.605. The first-order valence-corrected chi connectivity index (χ1v) is 10.3. The van der Waals surface area contributed by atoms with Crippen LogP contribution in [0.2, 0.25) is 0 Å². The SMILES string of the molecule is O=c1[nH]c(=Cc2ccc(OCCN3CCOCC3)cc2)c(=O)[nH]c1=Cc1ccccc1. The van der Waals surface area contributed by atoms with Gasteiger partial charge in [0, 0.05) is 19.6 Å². The summed E-state index contributed by atoms with van der Waals surface area (Å²) in [4.78, 5) is 32.4. The summed E-state index contributed by atoms with van der Waals surface area (Å²) in [6.07, 6.45) is 3.29. The molecular weight excluding hydrogens is 394 g/mol. The topological polar surface area (TPSA) is 87.4 Å². The number of aromatic amines is 2. The highest BCUT2D eigenvalue weighted by Gasteiger charge is 2.09. The van der Waals surface area contributed by atoms with Crippen LogP contribution in [-0.2, 0) is 4.74 Å². The number of ether oxygens (including phenoxy) is 2. The molecule has 7 heteroatoms. The van der Waals surface area contributed by atoms with Gasteiger partial charge in [-0.3, -0.25) is 14.5 Å². The standard InChI is InChI=1S/C24H25N3O4/c28-23-21(16-18-4-2-1-3-5-18)25-24(29)22(26-23)17-19-6-8-20(9-7-19)31-15-12-27-10-13-30-14-11-27/h1-9,16-17H,10-15H2,(H,25,29)(H,26,28). The number of nitrogens with zero attached hydrogens (tertiary/aromatic N) is 1. The fourth-order valence-corrected chi connectivity index (χ4v) is 3.36. The number of benzene rings is 2. The van der Waals surface area contributed by atoms with Crippen molar-refractivity contribution in [3.8, 4) is 5.75 Å². The van der Waals surface area contributed by atoms with E-state index in [1.807, 2.05) is 54.6 Å². The Bertz CT molecular complexity index is 1220. The van der Waals surface area contributed by atoms with E-state index < -0.39 is 0 Å². The minimum atomic E-state index is -0.354. The van der Waals surface area contributed by atoms with Gasteiger partial charge in [-0.1, -0.05) is 42.5 Å². The normalized spacial score (nSPS) is 15.9. The fourth-order valence-electron chi connectivity index (χ4n) is 3.36. The van der Waals surface area contributed by atoms with Crippen LogP contribution in [-0.4, -0.2) is 54.3 Å². The molecule has 1 aliphatic rings. The van der Waals surface area contributed by atoms with Crippen LogP contribution in [0.4, 0.5) is 0 Å². The molecule has 1 aliphatic heterocycles. The number of nitrogens with one attached hydrogen (secondary N) is 2. The Morgan fingerprint density at radius 2 is 1.42 bits per heavy atom. The maximum absolute atomic E-state index is 12.4. The van der Waals surface area contributed by atoms with Crippen LogP contribution in [0.5, 0.6) is 5.75 Å². The van der Waals surface area contributed by atoms with E-state index in [9.17, 15) is 9.59 Å². The second-order valence-electron chi connectivity index (χ2n) is 7.31. The van der Waals surface area contributed by atoms with Gasteiger partial charge in [0.25, 0.3) is 11.1 Å². The lowest BCUT2D eigenvalue weighted by molar-refractivity contribution is 0.0322. The van der Waals surface area contributed by atoms with E-state index in [-0.39, 0.29) is 21.8 Å². The average Bonchev–Trinajstić information content (AvgIpc) is 2.80. The Hall–Kier alpha value is -3.42. The Labute approximate surface area is 179 Å². The van der Waals surface area contributed by atoms with Crippen LogP contribution in [0.25, 0.3) is 12.2 Å². The molecule has 0 radical (unpaired) electrons. The lowest BCUT2D eigenvalue weighted by Gasteiger charge is -2.26. The van der Waals surface area contributed by atoms with Gasteiger partial charge in [-0.25, -0.2) is 0 Å². The molecule has 31 heavy (non-hydrogen) atoms. The number of H-pyrrole nitrogens is 2. The molecule has 0 unspecified atom stereocenters. The smallest absolute Gasteiger partial charge is 0.272 e. The number of hydrogen-bond acceptors (Lipinski definition) is 5. The summed E-state index contributed by atoms with van der Waals surface area (Å²) in [5.41, 5.74) is 0.927. The van der Waals surface area contributed by atoms with Crippen molar-refractivity contribution in [3.63, 3.8) is 0 Å². The van der Waals surface area contributed by atoms with E-state index in [0.717, 1.165) is 49.7 Å². The van der Waals surface area contributed by atoms with Gasteiger partial charge in [0.1, 0.15) is 23.1 Å². The monoisotopic (exact) mass is 419 g/mol. The summed E-state index contributed by atoms with van der Waals surface area (Å²) in [6.45, 7) is 4.89. The molecule has 160 valence electrons. The second-order valence-corrected chi connectivity index (χ2v) is 7.31. The van der Waals surface area contributed by atoms with Crippen molar-refractivity contribution >= 4 is 12.2 Å². The van der Waals surface area contributed by atoms with Gasteiger partial charge in [0.05, 0.1) is 13.2 Å². The summed E-state index contributed by atoms with van der Waals surface area (Å²) < 4.78 is 11.1. The van der Waals surface area contributed by atoms with Crippen molar-refractivity contribution in [3.05, 3.63) is 97.1 Å². The maximum atomic E-state index is 12.4.